The SMILES string of the molecule is COC(C)c1ncccc1-c1c(CC(C)(C)COC(C)=O)c2cc(C3=CCN(C(=O)OC(C)(C)C)C3)ccc2n1C(F)C(F)F. The van der Waals surface area contributed by atoms with Crippen molar-refractivity contribution in [3.05, 3.63) is 59.4 Å². The van der Waals surface area contributed by atoms with Crippen LogP contribution in [0.1, 0.15) is 77.7 Å². The summed E-state index contributed by atoms with van der Waals surface area (Å²) in [5, 5.41) is 0.568. The van der Waals surface area contributed by atoms with Crippen molar-refractivity contribution in [2.24, 2.45) is 5.41 Å². The third-order valence-corrected chi connectivity index (χ3v) is 7.66. The molecule has 0 spiro atoms. The summed E-state index contributed by atoms with van der Waals surface area (Å²) in [6.45, 7) is 13.0. The van der Waals surface area contributed by atoms with E-state index in [0.29, 0.717) is 35.3 Å². The van der Waals surface area contributed by atoms with Gasteiger partial charge in [0.2, 0.25) is 6.30 Å². The van der Waals surface area contributed by atoms with Crippen LogP contribution in [0.2, 0.25) is 0 Å². The van der Waals surface area contributed by atoms with Crippen LogP contribution in [0.25, 0.3) is 27.7 Å². The number of esters is 1. The van der Waals surface area contributed by atoms with E-state index in [1.807, 2.05) is 26.0 Å². The molecule has 45 heavy (non-hydrogen) atoms. The Morgan fingerprint density at radius 3 is 2.42 bits per heavy atom. The van der Waals surface area contributed by atoms with Gasteiger partial charge in [-0.15, -0.1) is 0 Å². The molecule has 0 saturated heterocycles. The Labute approximate surface area is 262 Å². The molecule has 11 heteroatoms. The van der Waals surface area contributed by atoms with Crippen LogP contribution < -0.4 is 0 Å². The molecule has 0 fully saturated rings. The molecule has 2 aromatic heterocycles. The fourth-order valence-corrected chi connectivity index (χ4v) is 5.53. The maximum Gasteiger partial charge on any atom is 0.410 e. The van der Waals surface area contributed by atoms with Gasteiger partial charge in [-0.05, 0) is 75.1 Å². The molecule has 0 aliphatic carbocycles. The molecule has 1 aromatic carbocycles. The molecule has 244 valence electrons. The smallest absolute Gasteiger partial charge is 0.410 e. The third-order valence-electron chi connectivity index (χ3n) is 7.66. The third kappa shape index (κ3) is 7.69. The van der Waals surface area contributed by atoms with Gasteiger partial charge in [0.1, 0.15) is 5.60 Å². The molecule has 1 aliphatic heterocycles. The number of methoxy groups -OCH3 is 1. The molecule has 3 aromatic rings. The van der Waals surface area contributed by atoms with Gasteiger partial charge >= 0.3 is 12.1 Å². The van der Waals surface area contributed by atoms with Crippen molar-refractivity contribution in [2.45, 2.75) is 79.3 Å². The maximum absolute atomic E-state index is 15.7. The van der Waals surface area contributed by atoms with Gasteiger partial charge in [-0.2, -0.15) is 0 Å². The van der Waals surface area contributed by atoms with Gasteiger partial charge in [0.15, 0.2) is 0 Å². The van der Waals surface area contributed by atoms with Crippen LogP contribution in [0.3, 0.4) is 0 Å². The molecule has 1 aliphatic rings. The largest absolute Gasteiger partial charge is 0.465 e. The molecule has 0 N–H and O–H groups in total. The second-order valence-corrected chi connectivity index (χ2v) is 13.2. The minimum Gasteiger partial charge on any atom is -0.465 e. The number of carbonyl (C=O) groups excluding carboxylic acids is 2. The van der Waals surface area contributed by atoms with Crippen LogP contribution in [0.5, 0.6) is 0 Å². The van der Waals surface area contributed by atoms with Crippen molar-refractivity contribution < 1.29 is 37.0 Å². The number of carbonyl (C=O) groups is 2. The molecule has 2 unspecified atom stereocenters. The van der Waals surface area contributed by atoms with Crippen molar-refractivity contribution in [1.29, 1.82) is 0 Å². The Morgan fingerprint density at radius 1 is 1.09 bits per heavy atom. The van der Waals surface area contributed by atoms with Crippen molar-refractivity contribution >= 4 is 28.5 Å². The van der Waals surface area contributed by atoms with Crippen LogP contribution in [-0.4, -0.2) is 65.3 Å². The van der Waals surface area contributed by atoms with E-state index in [4.69, 9.17) is 14.2 Å². The first kappa shape index (κ1) is 34.0. The topological polar surface area (TPSA) is 82.9 Å². The number of alkyl halides is 3. The van der Waals surface area contributed by atoms with Crippen LogP contribution in [0.4, 0.5) is 18.0 Å². The highest BCUT2D eigenvalue weighted by Crippen LogP contribution is 2.44. The Bertz CT molecular complexity index is 1590. The summed E-state index contributed by atoms with van der Waals surface area (Å²) in [6, 6.07) is 8.64. The lowest BCUT2D eigenvalue weighted by atomic mass is 9.84. The number of halogens is 3. The van der Waals surface area contributed by atoms with E-state index in [2.05, 4.69) is 4.98 Å². The van der Waals surface area contributed by atoms with Crippen LogP contribution in [0.15, 0.2) is 42.6 Å². The lowest BCUT2D eigenvalue weighted by molar-refractivity contribution is -0.143. The number of benzene rings is 1. The standard InChI is InChI=1S/C34H42F3N3O5/c1-20(43-8)28-24(10-9-14-38-28)29-26(17-34(6,7)19-44-21(2)41)25-16-22(11-12-27(25)40(29)31(37)30(35)36)23-13-15-39(18-23)32(42)45-33(3,4)5/h9-14,16,20,30-31H,15,17-19H2,1-8H3. The van der Waals surface area contributed by atoms with E-state index < -0.39 is 41.9 Å². The Balaban J connectivity index is 1.94. The lowest BCUT2D eigenvalue weighted by Crippen LogP contribution is -2.35. The van der Waals surface area contributed by atoms with Crippen LogP contribution in [-0.2, 0) is 25.4 Å². The van der Waals surface area contributed by atoms with E-state index >= 15 is 4.39 Å². The van der Waals surface area contributed by atoms with Gasteiger partial charge in [0.25, 0.3) is 6.43 Å². The summed E-state index contributed by atoms with van der Waals surface area (Å²) in [6.07, 6.45) is -3.16. The normalized spacial score (nSPS) is 15.4. The van der Waals surface area contributed by atoms with Crippen molar-refractivity contribution in [3.8, 4) is 11.3 Å². The van der Waals surface area contributed by atoms with Crippen molar-refractivity contribution in [3.63, 3.8) is 0 Å². The first-order valence-electron chi connectivity index (χ1n) is 14.9. The average Bonchev–Trinajstić information content (AvgIpc) is 3.58. The van der Waals surface area contributed by atoms with Gasteiger partial charge in [0, 0.05) is 49.7 Å². The predicted molar refractivity (Wildman–Crippen MR) is 167 cm³/mol. The van der Waals surface area contributed by atoms with Gasteiger partial charge in [-0.3, -0.25) is 9.78 Å². The summed E-state index contributed by atoms with van der Waals surface area (Å²) in [4.78, 5) is 30.5. The van der Waals surface area contributed by atoms with Gasteiger partial charge in [0.05, 0.1) is 29.6 Å². The molecule has 0 saturated carbocycles. The zero-order chi connectivity index (χ0) is 33.3. The van der Waals surface area contributed by atoms with E-state index in [0.717, 1.165) is 15.7 Å². The Kier molecular flexibility index (Phi) is 10.0. The van der Waals surface area contributed by atoms with E-state index in [1.54, 1.807) is 63.1 Å². The molecule has 3 heterocycles. The molecule has 2 atom stereocenters. The fraction of sp³-hybridized carbons (Fsp3) is 0.500. The Morgan fingerprint density at radius 2 is 1.80 bits per heavy atom. The molecular formula is C34H42F3N3O5. The summed E-state index contributed by atoms with van der Waals surface area (Å²) in [7, 11) is 1.51. The molecule has 0 bridgehead atoms. The average molecular weight is 630 g/mol. The number of amides is 1. The summed E-state index contributed by atoms with van der Waals surface area (Å²) in [5.74, 6) is -0.444. The fourth-order valence-electron chi connectivity index (χ4n) is 5.53. The highest BCUT2D eigenvalue weighted by molar-refractivity contribution is 5.95. The van der Waals surface area contributed by atoms with Crippen LogP contribution in [0, 0.1) is 5.41 Å². The molecular weight excluding hydrogens is 587 g/mol. The number of nitrogens with zero attached hydrogens (tertiary/aromatic N) is 3. The predicted octanol–water partition coefficient (Wildman–Crippen LogP) is 7.91. The van der Waals surface area contributed by atoms with E-state index in [1.165, 1.54) is 14.0 Å². The number of fused-ring (bicyclic) bond motifs is 1. The van der Waals surface area contributed by atoms with Gasteiger partial charge in [-0.25, -0.2) is 18.0 Å². The lowest BCUT2D eigenvalue weighted by Gasteiger charge is -2.26. The first-order valence-corrected chi connectivity index (χ1v) is 14.9. The molecule has 4 rings (SSSR count). The number of hydrogen-bond donors (Lipinski definition) is 0. The van der Waals surface area contributed by atoms with E-state index in [-0.39, 0.29) is 24.2 Å². The highest BCUT2D eigenvalue weighted by Gasteiger charge is 2.34. The van der Waals surface area contributed by atoms with Gasteiger partial charge < -0.3 is 23.7 Å². The summed E-state index contributed by atoms with van der Waals surface area (Å²) < 4.78 is 61.7. The van der Waals surface area contributed by atoms with Crippen molar-refractivity contribution in [2.75, 3.05) is 26.8 Å². The second kappa shape index (κ2) is 13.2. The zero-order valence-electron chi connectivity index (χ0n) is 27.1. The number of ether oxygens (including phenoxy) is 3. The molecule has 0 radical (unpaired) electrons. The number of hydrogen-bond acceptors (Lipinski definition) is 6. The monoisotopic (exact) mass is 629 g/mol. The number of rotatable bonds is 10. The maximum atomic E-state index is 15.7. The zero-order valence-corrected chi connectivity index (χ0v) is 27.1. The minimum atomic E-state index is -3.30. The highest BCUT2D eigenvalue weighted by atomic mass is 19.3. The first-order chi connectivity index (χ1) is 21.0. The van der Waals surface area contributed by atoms with E-state index in [9.17, 15) is 18.4 Å². The van der Waals surface area contributed by atoms with Crippen LogP contribution >= 0.6 is 0 Å². The summed E-state index contributed by atoms with van der Waals surface area (Å²) in [5.41, 5.74) is 2.39. The molecule has 1 amide bonds. The Hall–Kier alpha value is -3.86. The molecule has 8 nitrogen and oxygen atoms in total. The minimum absolute atomic E-state index is 0.0619. The number of pyridine rings is 1. The second-order valence-electron chi connectivity index (χ2n) is 13.2. The quantitative estimate of drug-likeness (QED) is 0.212. The summed E-state index contributed by atoms with van der Waals surface area (Å²) >= 11 is 0. The number of aromatic nitrogens is 2. The van der Waals surface area contributed by atoms with Gasteiger partial charge in [-0.1, -0.05) is 26.0 Å². The van der Waals surface area contributed by atoms with Crippen molar-refractivity contribution in [1.82, 2.24) is 14.5 Å².